The van der Waals surface area contributed by atoms with Gasteiger partial charge in [0, 0.05) is 31.9 Å². The molecule has 0 saturated carbocycles. The number of fused-ring (bicyclic) bond motifs is 1. The predicted molar refractivity (Wildman–Crippen MR) is 130 cm³/mol. The van der Waals surface area contributed by atoms with E-state index in [0.29, 0.717) is 49.8 Å². The minimum atomic E-state index is -3.14. The van der Waals surface area contributed by atoms with Gasteiger partial charge in [0.25, 0.3) is 5.91 Å². The lowest BCUT2D eigenvalue weighted by Gasteiger charge is -2.38. The third-order valence-electron chi connectivity index (χ3n) is 6.70. The van der Waals surface area contributed by atoms with Crippen molar-refractivity contribution < 1.29 is 27.5 Å². The van der Waals surface area contributed by atoms with Gasteiger partial charge < -0.3 is 19.3 Å². The first-order valence-electron chi connectivity index (χ1n) is 11.9. The van der Waals surface area contributed by atoms with Crippen molar-refractivity contribution in [3.63, 3.8) is 0 Å². The Morgan fingerprint density at radius 2 is 1.63 bits per heavy atom. The Balaban J connectivity index is 1.18. The maximum Gasteiger partial charge on any atom is 0.267 e. The first kappa shape index (κ1) is 23.6. The summed E-state index contributed by atoms with van der Waals surface area (Å²) >= 11 is 0. The largest absolute Gasteiger partial charge is 0.485 e. The van der Waals surface area contributed by atoms with Crippen LogP contribution in [0.5, 0.6) is 11.5 Å². The quantitative estimate of drug-likeness (QED) is 0.610. The van der Waals surface area contributed by atoms with E-state index in [0.717, 1.165) is 0 Å². The van der Waals surface area contributed by atoms with Crippen LogP contribution in [0.2, 0.25) is 0 Å². The maximum atomic E-state index is 13.4. The number of amides is 2. The van der Waals surface area contributed by atoms with Crippen molar-refractivity contribution in [2.24, 2.45) is 0 Å². The molecule has 0 N–H and O–H groups in total. The number of sulfone groups is 1. The summed E-state index contributed by atoms with van der Waals surface area (Å²) in [5.74, 6) is 1.05. The highest BCUT2D eigenvalue weighted by Gasteiger charge is 2.37. The van der Waals surface area contributed by atoms with Crippen LogP contribution >= 0.6 is 0 Å². The molecule has 186 valence electrons. The fraction of sp³-hybridized carbons (Fsp3) is 0.440. The van der Waals surface area contributed by atoms with E-state index in [-0.39, 0.29) is 42.5 Å². The Labute approximate surface area is 205 Å². The molecule has 0 spiro atoms. The van der Waals surface area contributed by atoms with Crippen molar-refractivity contribution in [3.8, 4) is 11.5 Å². The molecular weight excluding hydrogens is 470 g/mol. The molecule has 10 heteroatoms. The highest BCUT2D eigenvalue weighted by molar-refractivity contribution is 7.91. The van der Waals surface area contributed by atoms with Crippen LogP contribution in [0.25, 0.3) is 0 Å². The molecule has 2 fully saturated rings. The number of ether oxygens (including phenoxy) is 2. The molecule has 3 aliphatic heterocycles. The molecule has 2 aromatic rings. The third kappa shape index (κ3) is 5.28. The number of hydrogen-bond acceptors (Lipinski definition) is 7. The molecule has 0 aliphatic carbocycles. The molecular formula is C25H29N3O6S. The van der Waals surface area contributed by atoms with Gasteiger partial charge in [0.15, 0.2) is 21.3 Å². The maximum absolute atomic E-state index is 13.4. The number of anilines is 1. The Morgan fingerprint density at radius 3 is 2.31 bits per heavy atom. The number of para-hydroxylation sites is 3. The average molecular weight is 500 g/mol. The molecule has 0 unspecified atom stereocenters. The summed E-state index contributed by atoms with van der Waals surface area (Å²) in [6, 6.07) is 16.2. The highest BCUT2D eigenvalue weighted by Crippen LogP contribution is 2.31. The molecule has 2 saturated heterocycles. The van der Waals surface area contributed by atoms with Crippen LogP contribution < -0.4 is 14.4 Å². The molecule has 9 nitrogen and oxygen atoms in total. The van der Waals surface area contributed by atoms with Crippen LogP contribution in [-0.4, -0.2) is 93.0 Å². The Morgan fingerprint density at radius 1 is 0.943 bits per heavy atom. The van der Waals surface area contributed by atoms with Gasteiger partial charge in [0.1, 0.15) is 6.61 Å². The summed E-state index contributed by atoms with van der Waals surface area (Å²) in [7, 11) is -3.14. The van der Waals surface area contributed by atoms with Crippen molar-refractivity contribution in [3.05, 3.63) is 54.6 Å². The van der Waals surface area contributed by atoms with E-state index in [1.807, 2.05) is 53.4 Å². The fourth-order valence-electron chi connectivity index (χ4n) is 4.86. The number of rotatable bonds is 5. The van der Waals surface area contributed by atoms with Gasteiger partial charge in [-0.15, -0.1) is 0 Å². The standard InChI is InChI=1S/C25H29N3O6S/c29-24(28(19-6-2-1-3-7-19)20-10-15-35(31,32)18-20)16-26-11-13-27(14-12-26)25(30)23-17-33-21-8-4-5-9-22(21)34-23/h1-9,20,23H,10-18H2/t20-,23+/m0/s1. The smallest absolute Gasteiger partial charge is 0.267 e. The van der Waals surface area contributed by atoms with Crippen molar-refractivity contribution >= 4 is 27.3 Å². The molecule has 3 aliphatic rings. The molecule has 35 heavy (non-hydrogen) atoms. The first-order chi connectivity index (χ1) is 16.9. The van der Waals surface area contributed by atoms with Gasteiger partial charge in [0.2, 0.25) is 12.0 Å². The second-order valence-corrected chi connectivity index (χ2v) is 11.4. The SMILES string of the molecule is O=C([C@H]1COc2ccccc2O1)N1CCN(CC(=O)N(c2ccccc2)[C@H]2CCS(=O)(=O)C2)CC1. The summed E-state index contributed by atoms with van der Waals surface area (Å²) in [6.45, 7) is 2.41. The van der Waals surface area contributed by atoms with Gasteiger partial charge in [-0.1, -0.05) is 30.3 Å². The first-order valence-corrected chi connectivity index (χ1v) is 13.7. The normalized spacial score (nSPS) is 23.6. The molecule has 2 atom stereocenters. The van der Waals surface area contributed by atoms with Crippen molar-refractivity contribution in [2.75, 3.05) is 55.7 Å². The zero-order valence-corrected chi connectivity index (χ0v) is 20.2. The van der Waals surface area contributed by atoms with E-state index in [9.17, 15) is 18.0 Å². The van der Waals surface area contributed by atoms with E-state index in [1.54, 1.807) is 15.9 Å². The number of benzene rings is 2. The van der Waals surface area contributed by atoms with Gasteiger partial charge in [-0.3, -0.25) is 14.5 Å². The average Bonchev–Trinajstić information content (AvgIpc) is 3.23. The van der Waals surface area contributed by atoms with Crippen LogP contribution in [0.1, 0.15) is 6.42 Å². The second-order valence-electron chi connectivity index (χ2n) is 9.12. The summed E-state index contributed by atoms with van der Waals surface area (Å²) in [6.07, 6.45) is -0.242. The predicted octanol–water partition coefficient (Wildman–Crippen LogP) is 1.19. The van der Waals surface area contributed by atoms with E-state index in [2.05, 4.69) is 0 Å². The van der Waals surface area contributed by atoms with Gasteiger partial charge >= 0.3 is 0 Å². The number of carbonyl (C=O) groups excluding carboxylic acids is 2. The monoisotopic (exact) mass is 499 g/mol. The minimum Gasteiger partial charge on any atom is -0.485 e. The molecule has 0 bridgehead atoms. The molecule has 3 heterocycles. The summed E-state index contributed by atoms with van der Waals surface area (Å²) in [4.78, 5) is 31.8. The topological polar surface area (TPSA) is 96.5 Å². The number of nitrogens with zero attached hydrogens (tertiary/aromatic N) is 3. The zero-order valence-electron chi connectivity index (χ0n) is 19.4. The van der Waals surface area contributed by atoms with E-state index in [1.165, 1.54) is 0 Å². The second kappa shape index (κ2) is 9.87. The van der Waals surface area contributed by atoms with E-state index in [4.69, 9.17) is 9.47 Å². The zero-order chi connectivity index (χ0) is 24.4. The van der Waals surface area contributed by atoms with E-state index >= 15 is 0 Å². The number of piperazine rings is 1. The fourth-order valence-corrected chi connectivity index (χ4v) is 6.56. The highest BCUT2D eigenvalue weighted by atomic mass is 32.2. The summed E-state index contributed by atoms with van der Waals surface area (Å²) in [5, 5.41) is 0. The van der Waals surface area contributed by atoms with Crippen LogP contribution in [-0.2, 0) is 19.4 Å². The van der Waals surface area contributed by atoms with Gasteiger partial charge in [0.05, 0.1) is 24.1 Å². The van der Waals surface area contributed by atoms with Crippen LogP contribution in [0.3, 0.4) is 0 Å². The van der Waals surface area contributed by atoms with Gasteiger partial charge in [-0.2, -0.15) is 0 Å². The van der Waals surface area contributed by atoms with Crippen molar-refractivity contribution in [1.82, 2.24) is 9.80 Å². The number of hydrogen-bond donors (Lipinski definition) is 0. The molecule has 2 aromatic carbocycles. The van der Waals surface area contributed by atoms with Crippen molar-refractivity contribution in [2.45, 2.75) is 18.6 Å². The van der Waals surface area contributed by atoms with E-state index < -0.39 is 15.9 Å². The summed E-state index contributed by atoms with van der Waals surface area (Å²) in [5.41, 5.74) is 0.711. The summed E-state index contributed by atoms with van der Waals surface area (Å²) < 4.78 is 35.7. The Hall–Kier alpha value is -3.11. The van der Waals surface area contributed by atoms with Crippen LogP contribution in [0.15, 0.2) is 54.6 Å². The molecule has 2 amide bonds. The molecule has 5 rings (SSSR count). The van der Waals surface area contributed by atoms with Crippen LogP contribution in [0.4, 0.5) is 5.69 Å². The minimum absolute atomic E-state index is 0.0114. The Bertz CT molecular complexity index is 1180. The lowest BCUT2D eigenvalue weighted by Crippen LogP contribution is -2.56. The Kier molecular flexibility index (Phi) is 6.66. The molecule has 0 aromatic heterocycles. The lowest BCUT2D eigenvalue weighted by atomic mass is 10.1. The van der Waals surface area contributed by atoms with Gasteiger partial charge in [-0.25, -0.2) is 8.42 Å². The molecule has 0 radical (unpaired) electrons. The van der Waals surface area contributed by atoms with Gasteiger partial charge in [-0.05, 0) is 30.7 Å². The van der Waals surface area contributed by atoms with Crippen LogP contribution in [0, 0.1) is 0 Å². The lowest BCUT2D eigenvalue weighted by molar-refractivity contribution is -0.143. The third-order valence-corrected chi connectivity index (χ3v) is 8.45. The van der Waals surface area contributed by atoms with Crippen molar-refractivity contribution in [1.29, 1.82) is 0 Å². The number of carbonyl (C=O) groups is 2.